The van der Waals surface area contributed by atoms with Crippen LogP contribution in [-0.2, 0) is 0 Å². The second kappa shape index (κ2) is 7.27. The van der Waals surface area contributed by atoms with E-state index in [9.17, 15) is 0 Å². The van der Waals surface area contributed by atoms with Crippen molar-refractivity contribution in [2.45, 2.75) is 65.2 Å². The molecule has 1 fully saturated rings. The van der Waals surface area contributed by atoms with Crippen LogP contribution < -0.4 is 5.73 Å². The molecule has 0 aromatic heterocycles. The zero-order valence-electron chi connectivity index (χ0n) is 10.7. The lowest BCUT2D eigenvalue weighted by molar-refractivity contribution is 0.180. The van der Waals surface area contributed by atoms with Crippen molar-refractivity contribution in [1.82, 2.24) is 0 Å². The van der Waals surface area contributed by atoms with E-state index in [0.717, 1.165) is 24.3 Å². The third kappa shape index (κ3) is 4.55. The molecule has 15 heavy (non-hydrogen) atoms. The topological polar surface area (TPSA) is 26.0 Å². The van der Waals surface area contributed by atoms with Crippen molar-refractivity contribution in [3.63, 3.8) is 0 Å². The molecule has 1 aliphatic carbocycles. The standard InChI is InChI=1S/C14H29N/c1-3-4-5-6-7-13-10-12(2)8-9-14(13)11-15/h12-14H,3-11,15H2,1-2H3. The van der Waals surface area contributed by atoms with E-state index in [1.165, 1.54) is 51.4 Å². The first kappa shape index (κ1) is 13.0. The summed E-state index contributed by atoms with van der Waals surface area (Å²) in [5.41, 5.74) is 5.87. The van der Waals surface area contributed by atoms with Crippen LogP contribution in [0.25, 0.3) is 0 Å². The van der Waals surface area contributed by atoms with Crippen LogP contribution >= 0.6 is 0 Å². The van der Waals surface area contributed by atoms with Crippen molar-refractivity contribution in [2.75, 3.05) is 6.54 Å². The summed E-state index contributed by atoms with van der Waals surface area (Å²) >= 11 is 0. The first-order valence-corrected chi connectivity index (χ1v) is 6.98. The Hall–Kier alpha value is -0.0400. The van der Waals surface area contributed by atoms with Gasteiger partial charge in [0.05, 0.1) is 0 Å². The van der Waals surface area contributed by atoms with Crippen molar-refractivity contribution in [3.05, 3.63) is 0 Å². The van der Waals surface area contributed by atoms with Gasteiger partial charge in [0.2, 0.25) is 0 Å². The summed E-state index contributed by atoms with van der Waals surface area (Å²) in [6.07, 6.45) is 11.3. The van der Waals surface area contributed by atoms with Gasteiger partial charge in [0.15, 0.2) is 0 Å². The summed E-state index contributed by atoms with van der Waals surface area (Å²) < 4.78 is 0. The third-order valence-electron chi connectivity index (χ3n) is 4.13. The van der Waals surface area contributed by atoms with Crippen molar-refractivity contribution in [2.24, 2.45) is 23.5 Å². The second-order valence-electron chi connectivity index (χ2n) is 5.52. The summed E-state index contributed by atoms with van der Waals surface area (Å²) in [5.74, 6) is 2.72. The van der Waals surface area contributed by atoms with E-state index in [1.807, 2.05) is 0 Å². The Morgan fingerprint density at radius 3 is 2.53 bits per heavy atom. The van der Waals surface area contributed by atoms with Gasteiger partial charge < -0.3 is 5.73 Å². The molecule has 1 heteroatoms. The van der Waals surface area contributed by atoms with Gasteiger partial charge in [-0.05, 0) is 37.1 Å². The summed E-state index contributed by atoms with van der Waals surface area (Å²) in [6, 6.07) is 0. The van der Waals surface area contributed by atoms with E-state index in [1.54, 1.807) is 0 Å². The maximum Gasteiger partial charge on any atom is -0.00462 e. The molecule has 0 bridgehead atoms. The van der Waals surface area contributed by atoms with E-state index < -0.39 is 0 Å². The molecule has 0 aliphatic heterocycles. The van der Waals surface area contributed by atoms with Crippen LogP contribution in [0.5, 0.6) is 0 Å². The third-order valence-corrected chi connectivity index (χ3v) is 4.13. The summed E-state index contributed by atoms with van der Waals surface area (Å²) in [5, 5.41) is 0. The van der Waals surface area contributed by atoms with Crippen LogP contribution in [0.1, 0.15) is 65.2 Å². The molecule has 3 unspecified atom stereocenters. The van der Waals surface area contributed by atoms with Crippen LogP contribution in [-0.4, -0.2) is 6.54 Å². The first-order valence-electron chi connectivity index (χ1n) is 6.98. The fourth-order valence-electron chi connectivity index (χ4n) is 3.06. The van der Waals surface area contributed by atoms with Crippen molar-refractivity contribution < 1.29 is 0 Å². The largest absolute Gasteiger partial charge is 0.330 e. The van der Waals surface area contributed by atoms with E-state index >= 15 is 0 Å². The van der Waals surface area contributed by atoms with Gasteiger partial charge >= 0.3 is 0 Å². The number of rotatable bonds is 6. The van der Waals surface area contributed by atoms with Crippen molar-refractivity contribution in [1.29, 1.82) is 0 Å². The van der Waals surface area contributed by atoms with E-state index in [2.05, 4.69) is 13.8 Å². The minimum Gasteiger partial charge on any atom is -0.330 e. The quantitative estimate of drug-likeness (QED) is 0.661. The Labute approximate surface area is 95.8 Å². The Morgan fingerprint density at radius 2 is 1.87 bits per heavy atom. The average Bonchev–Trinajstić information content (AvgIpc) is 2.25. The van der Waals surface area contributed by atoms with Crippen molar-refractivity contribution in [3.8, 4) is 0 Å². The molecule has 3 atom stereocenters. The Bertz CT molecular complexity index is 155. The highest BCUT2D eigenvalue weighted by molar-refractivity contribution is 4.79. The van der Waals surface area contributed by atoms with E-state index in [4.69, 9.17) is 5.73 Å². The zero-order valence-corrected chi connectivity index (χ0v) is 10.7. The lowest BCUT2D eigenvalue weighted by atomic mass is 9.72. The molecule has 90 valence electrons. The van der Waals surface area contributed by atoms with Crippen molar-refractivity contribution >= 4 is 0 Å². The van der Waals surface area contributed by atoms with Crippen LogP contribution in [0.15, 0.2) is 0 Å². The lowest BCUT2D eigenvalue weighted by Gasteiger charge is -2.34. The zero-order chi connectivity index (χ0) is 11.1. The highest BCUT2D eigenvalue weighted by Gasteiger charge is 2.26. The van der Waals surface area contributed by atoms with E-state index in [0.29, 0.717) is 0 Å². The van der Waals surface area contributed by atoms with Gasteiger partial charge in [-0.1, -0.05) is 52.4 Å². The molecule has 0 radical (unpaired) electrons. The Kier molecular flexibility index (Phi) is 6.31. The fourth-order valence-corrected chi connectivity index (χ4v) is 3.06. The normalized spacial score (nSPS) is 31.8. The predicted octanol–water partition coefficient (Wildman–Crippen LogP) is 3.97. The van der Waals surface area contributed by atoms with Gasteiger partial charge in [-0.2, -0.15) is 0 Å². The maximum atomic E-state index is 5.87. The minimum absolute atomic E-state index is 0.836. The maximum absolute atomic E-state index is 5.87. The summed E-state index contributed by atoms with van der Waals surface area (Å²) in [6.45, 7) is 5.61. The molecule has 1 rings (SSSR count). The molecular formula is C14H29N. The van der Waals surface area contributed by atoms with Gasteiger partial charge in [0.1, 0.15) is 0 Å². The molecule has 1 saturated carbocycles. The highest BCUT2D eigenvalue weighted by Crippen LogP contribution is 2.36. The average molecular weight is 211 g/mol. The molecule has 1 nitrogen and oxygen atoms in total. The molecular weight excluding hydrogens is 182 g/mol. The lowest BCUT2D eigenvalue weighted by Crippen LogP contribution is -2.29. The number of hydrogen-bond donors (Lipinski definition) is 1. The molecule has 0 aromatic carbocycles. The smallest absolute Gasteiger partial charge is 0.00462 e. The molecule has 0 saturated heterocycles. The highest BCUT2D eigenvalue weighted by atomic mass is 14.6. The van der Waals surface area contributed by atoms with Gasteiger partial charge in [-0.25, -0.2) is 0 Å². The summed E-state index contributed by atoms with van der Waals surface area (Å²) in [7, 11) is 0. The van der Waals surface area contributed by atoms with Gasteiger partial charge in [-0.15, -0.1) is 0 Å². The second-order valence-corrected chi connectivity index (χ2v) is 5.52. The number of hydrogen-bond acceptors (Lipinski definition) is 1. The van der Waals surface area contributed by atoms with Crippen LogP contribution in [0.2, 0.25) is 0 Å². The summed E-state index contributed by atoms with van der Waals surface area (Å²) in [4.78, 5) is 0. The monoisotopic (exact) mass is 211 g/mol. The van der Waals surface area contributed by atoms with Gasteiger partial charge in [-0.3, -0.25) is 0 Å². The molecule has 0 amide bonds. The molecule has 0 aromatic rings. The number of nitrogens with two attached hydrogens (primary N) is 1. The minimum atomic E-state index is 0.836. The fraction of sp³-hybridized carbons (Fsp3) is 1.00. The van der Waals surface area contributed by atoms with Gasteiger partial charge in [0.25, 0.3) is 0 Å². The molecule has 1 aliphatic rings. The molecule has 0 spiro atoms. The first-order chi connectivity index (χ1) is 7.27. The van der Waals surface area contributed by atoms with Crippen LogP contribution in [0.4, 0.5) is 0 Å². The molecule has 0 heterocycles. The SMILES string of the molecule is CCCCCCC1CC(C)CCC1CN. The number of unbranched alkanes of at least 4 members (excludes halogenated alkanes) is 3. The van der Waals surface area contributed by atoms with Gasteiger partial charge in [0, 0.05) is 0 Å². The Balaban J connectivity index is 2.22. The van der Waals surface area contributed by atoms with E-state index in [-0.39, 0.29) is 0 Å². The predicted molar refractivity (Wildman–Crippen MR) is 67.8 cm³/mol. The van der Waals surface area contributed by atoms with Crippen LogP contribution in [0, 0.1) is 17.8 Å². The Morgan fingerprint density at radius 1 is 1.07 bits per heavy atom. The van der Waals surface area contributed by atoms with Crippen LogP contribution in [0.3, 0.4) is 0 Å². The molecule has 2 N–H and O–H groups in total.